The molecule has 0 fully saturated rings. The topological polar surface area (TPSA) is 29.1 Å². The Morgan fingerprint density at radius 2 is 1.73 bits per heavy atom. The number of hydrogen-bond donors (Lipinski definition) is 1. The van der Waals surface area contributed by atoms with Crippen LogP contribution in [0.1, 0.15) is 46.8 Å². The van der Waals surface area contributed by atoms with Crippen LogP contribution in [0.5, 0.6) is 0 Å². The monoisotopic (exact) mass is 205 g/mol. The first-order valence-electron chi connectivity index (χ1n) is 5.30. The largest absolute Gasteiger partial charge is 0.355 e. The molecule has 0 spiro atoms. The Kier molecular flexibility index (Phi) is 3.51. The molecule has 0 saturated carbocycles. The molecule has 0 atom stereocenters. The number of hydrogen-bond acceptors (Lipinski definition) is 1. The molecule has 0 aliphatic heterocycles. The fourth-order valence-corrected chi connectivity index (χ4v) is 1.65. The molecule has 0 unspecified atom stereocenters. The van der Waals surface area contributed by atoms with Gasteiger partial charge in [0.05, 0.1) is 0 Å². The summed E-state index contributed by atoms with van der Waals surface area (Å²) in [6, 6.07) is 4.09. The fourth-order valence-electron chi connectivity index (χ4n) is 1.65. The summed E-state index contributed by atoms with van der Waals surface area (Å²) in [6.45, 7) is 8.33. The summed E-state index contributed by atoms with van der Waals surface area (Å²) >= 11 is 0. The molecular formula is C13H19NO. The van der Waals surface area contributed by atoms with E-state index in [4.69, 9.17) is 0 Å². The molecule has 1 amide bonds. The van der Waals surface area contributed by atoms with Crippen LogP contribution < -0.4 is 5.32 Å². The summed E-state index contributed by atoms with van der Waals surface area (Å²) in [6.07, 6.45) is 0. The Morgan fingerprint density at radius 3 is 2.20 bits per heavy atom. The number of amides is 1. The lowest BCUT2D eigenvalue weighted by Crippen LogP contribution is -2.20. The highest BCUT2D eigenvalue weighted by atomic mass is 16.1. The number of aryl methyl sites for hydroxylation is 2. The molecule has 2 nitrogen and oxygen atoms in total. The van der Waals surface area contributed by atoms with Gasteiger partial charge in [0, 0.05) is 12.6 Å². The second-order valence-corrected chi connectivity index (χ2v) is 4.26. The lowest BCUT2D eigenvalue weighted by atomic mass is 9.92. The Morgan fingerprint density at radius 1 is 1.20 bits per heavy atom. The summed E-state index contributed by atoms with van der Waals surface area (Å²) in [4.78, 5) is 11.7. The molecule has 2 heteroatoms. The van der Waals surface area contributed by atoms with Crippen LogP contribution in [0.15, 0.2) is 12.1 Å². The molecule has 82 valence electrons. The minimum Gasteiger partial charge on any atom is -0.355 e. The van der Waals surface area contributed by atoms with E-state index in [1.54, 1.807) is 7.05 Å². The lowest BCUT2D eigenvalue weighted by molar-refractivity contribution is 0.0961. The van der Waals surface area contributed by atoms with Gasteiger partial charge in [0.1, 0.15) is 0 Å². The van der Waals surface area contributed by atoms with Crippen LogP contribution in [0.25, 0.3) is 0 Å². The van der Waals surface area contributed by atoms with Crippen molar-refractivity contribution in [1.29, 1.82) is 0 Å². The molecule has 1 N–H and O–H groups in total. The van der Waals surface area contributed by atoms with Crippen molar-refractivity contribution in [1.82, 2.24) is 5.32 Å². The van der Waals surface area contributed by atoms with Crippen molar-refractivity contribution in [3.8, 4) is 0 Å². The summed E-state index contributed by atoms with van der Waals surface area (Å²) in [5.41, 5.74) is 4.33. The summed E-state index contributed by atoms with van der Waals surface area (Å²) in [5.74, 6) is 0.374. The van der Waals surface area contributed by atoms with Crippen molar-refractivity contribution < 1.29 is 4.79 Å². The normalized spacial score (nSPS) is 10.5. The molecular weight excluding hydrogens is 186 g/mol. The average Bonchev–Trinajstić information content (AvgIpc) is 2.20. The van der Waals surface area contributed by atoms with E-state index in [1.165, 1.54) is 5.56 Å². The lowest BCUT2D eigenvalue weighted by Gasteiger charge is -2.14. The number of carbonyl (C=O) groups is 1. The smallest absolute Gasteiger partial charge is 0.251 e. The van der Waals surface area contributed by atoms with E-state index in [0.29, 0.717) is 5.92 Å². The van der Waals surface area contributed by atoms with Crippen molar-refractivity contribution in [2.24, 2.45) is 0 Å². The molecule has 0 aliphatic rings. The second kappa shape index (κ2) is 4.47. The SMILES string of the molecule is CNC(=O)c1cc(C)c(C)cc1C(C)C. The third-order valence-corrected chi connectivity index (χ3v) is 2.76. The molecule has 0 radical (unpaired) electrons. The highest BCUT2D eigenvalue weighted by molar-refractivity contribution is 5.96. The number of benzene rings is 1. The maximum atomic E-state index is 11.7. The quantitative estimate of drug-likeness (QED) is 0.790. The van der Waals surface area contributed by atoms with Gasteiger partial charge in [-0.3, -0.25) is 4.79 Å². The zero-order chi connectivity index (χ0) is 11.6. The van der Waals surface area contributed by atoms with Gasteiger partial charge in [-0.15, -0.1) is 0 Å². The van der Waals surface area contributed by atoms with Crippen LogP contribution >= 0.6 is 0 Å². The third-order valence-electron chi connectivity index (χ3n) is 2.76. The predicted molar refractivity (Wildman–Crippen MR) is 63.4 cm³/mol. The van der Waals surface area contributed by atoms with Gasteiger partial charge in [-0.2, -0.15) is 0 Å². The van der Waals surface area contributed by atoms with Gasteiger partial charge >= 0.3 is 0 Å². The van der Waals surface area contributed by atoms with E-state index in [2.05, 4.69) is 32.2 Å². The van der Waals surface area contributed by atoms with Crippen molar-refractivity contribution in [2.75, 3.05) is 7.05 Å². The van der Waals surface area contributed by atoms with Gasteiger partial charge in [-0.25, -0.2) is 0 Å². The van der Waals surface area contributed by atoms with Crippen molar-refractivity contribution in [3.05, 3.63) is 34.4 Å². The minimum absolute atomic E-state index is 0.00167. The maximum Gasteiger partial charge on any atom is 0.251 e. The van der Waals surface area contributed by atoms with E-state index in [-0.39, 0.29) is 5.91 Å². The summed E-state index contributed by atoms with van der Waals surface area (Å²) < 4.78 is 0. The molecule has 0 bridgehead atoms. The van der Waals surface area contributed by atoms with Gasteiger partial charge in [0.15, 0.2) is 0 Å². The highest BCUT2D eigenvalue weighted by Gasteiger charge is 2.13. The number of nitrogens with one attached hydrogen (secondary N) is 1. The van der Waals surface area contributed by atoms with E-state index in [9.17, 15) is 4.79 Å². The zero-order valence-corrected chi connectivity index (χ0v) is 10.1. The standard InChI is InChI=1S/C13H19NO/c1-8(2)11-6-9(3)10(4)7-12(11)13(15)14-5/h6-8H,1-5H3,(H,14,15). The van der Waals surface area contributed by atoms with Gasteiger partial charge in [0.2, 0.25) is 0 Å². The zero-order valence-electron chi connectivity index (χ0n) is 10.1. The van der Waals surface area contributed by atoms with Crippen LogP contribution in [0.2, 0.25) is 0 Å². The molecule has 1 aromatic carbocycles. The number of rotatable bonds is 2. The van der Waals surface area contributed by atoms with E-state index in [1.807, 2.05) is 13.0 Å². The molecule has 15 heavy (non-hydrogen) atoms. The van der Waals surface area contributed by atoms with Crippen LogP contribution in [-0.4, -0.2) is 13.0 Å². The molecule has 0 aliphatic carbocycles. The van der Waals surface area contributed by atoms with Gasteiger partial charge in [0.25, 0.3) is 5.91 Å². The van der Waals surface area contributed by atoms with E-state index < -0.39 is 0 Å². The fraction of sp³-hybridized carbons (Fsp3) is 0.462. The van der Waals surface area contributed by atoms with Crippen LogP contribution in [0.4, 0.5) is 0 Å². The van der Waals surface area contributed by atoms with Crippen LogP contribution in [-0.2, 0) is 0 Å². The van der Waals surface area contributed by atoms with Crippen molar-refractivity contribution in [3.63, 3.8) is 0 Å². The Labute approximate surface area is 91.7 Å². The maximum absolute atomic E-state index is 11.7. The van der Waals surface area contributed by atoms with E-state index in [0.717, 1.165) is 16.7 Å². The van der Waals surface area contributed by atoms with Crippen molar-refractivity contribution >= 4 is 5.91 Å². The number of carbonyl (C=O) groups excluding carboxylic acids is 1. The Hall–Kier alpha value is -1.31. The predicted octanol–water partition coefficient (Wildman–Crippen LogP) is 2.79. The van der Waals surface area contributed by atoms with Gasteiger partial charge < -0.3 is 5.32 Å². The molecule has 0 aromatic heterocycles. The molecule has 1 aromatic rings. The first-order valence-corrected chi connectivity index (χ1v) is 5.30. The van der Waals surface area contributed by atoms with Gasteiger partial charge in [-0.1, -0.05) is 19.9 Å². The summed E-state index contributed by atoms with van der Waals surface area (Å²) in [7, 11) is 1.67. The molecule has 0 saturated heterocycles. The third kappa shape index (κ3) is 2.38. The first kappa shape index (κ1) is 11.8. The summed E-state index contributed by atoms with van der Waals surface area (Å²) in [5, 5.41) is 2.68. The van der Waals surface area contributed by atoms with Gasteiger partial charge in [-0.05, 0) is 42.5 Å². The van der Waals surface area contributed by atoms with Crippen molar-refractivity contribution in [2.45, 2.75) is 33.6 Å². The molecule has 1 rings (SSSR count). The average molecular weight is 205 g/mol. The molecule has 0 heterocycles. The van der Waals surface area contributed by atoms with E-state index >= 15 is 0 Å². The first-order chi connectivity index (χ1) is 6.97. The second-order valence-electron chi connectivity index (χ2n) is 4.26. The van der Waals surface area contributed by atoms with Crippen LogP contribution in [0.3, 0.4) is 0 Å². The Bertz CT molecular complexity index is 380. The highest BCUT2D eigenvalue weighted by Crippen LogP contribution is 2.23. The minimum atomic E-state index is 0.00167. The van der Waals surface area contributed by atoms with Crippen LogP contribution in [0, 0.1) is 13.8 Å². The Balaban J connectivity index is 3.34.